The summed E-state index contributed by atoms with van der Waals surface area (Å²) in [5.74, 6) is 0.157. The minimum absolute atomic E-state index is 0.131. The molecule has 0 radical (unpaired) electrons. The number of nitrogens with one attached hydrogen (secondary N) is 2. The van der Waals surface area contributed by atoms with E-state index in [2.05, 4.69) is 27.2 Å². The first kappa shape index (κ1) is 22.8. The fraction of sp³-hybridized carbons (Fsp3) is 0.227. The fourth-order valence-corrected chi connectivity index (χ4v) is 3.53. The van der Waals surface area contributed by atoms with Gasteiger partial charge in [0.15, 0.2) is 0 Å². The lowest BCUT2D eigenvalue weighted by Crippen LogP contribution is -2.18. The monoisotopic (exact) mass is 478 g/mol. The Bertz CT molecular complexity index is 1210. The molecule has 2 N–H and O–H groups in total. The van der Waals surface area contributed by atoms with E-state index >= 15 is 0 Å². The van der Waals surface area contributed by atoms with Crippen LogP contribution in [-0.4, -0.2) is 35.2 Å². The Kier molecular flexibility index (Phi) is 6.39. The zero-order chi connectivity index (χ0) is 23.6. The molecule has 0 spiro atoms. The fourth-order valence-electron chi connectivity index (χ4n) is 3.30. The van der Waals surface area contributed by atoms with Crippen molar-refractivity contribution >= 4 is 45.6 Å². The molecule has 2 aromatic carbocycles. The zero-order valence-corrected chi connectivity index (χ0v) is 17.8. The summed E-state index contributed by atoms with van der Waals surface area (Å²) in [4.78, 5) is 20.4. The number of hydrogen-bond donors (Lipinski definition) is 2. The molecule has 0 bridgehead atoms. The molecule has 0 saturated carbocycles. The molecule has 1 atom stereocenters. The number of rotatable bonds is 6. The van der Waals surface area contributed by atoms with Crippen molar-refractivity contribution in [2.45, 2.75) is 18.7 Å². The Morgan fingerprint density at radius 2 is 2.09 bits per heavy atom. The van der Waals surface area contributed by atoms with E-state index in [1.165, 1.54) is 12.4 Å². The van der Waals surface area contributed by atoms with Gasteiger partial charge in [0.25, 0.3) is 0 Å². The molecule has 33 heavy (non-hydrogen) atoms. The first-order chi connectivity index (χ1) is 15.7. The van der Waals surface area contributed by atoms with E-state index in [1.54, 1.807) is 12.1 Å². The molecule has 1 aliphatic heterocycles. The van der Waals surface area contributed by atoms with Gasteiger partial charge in [-0.25, -0.2) is 9.97 Å². The van der Waals surface area contributed by atoms with Crippen LogP contribution in [0.4, 0.5) is 30.4 Å². The predicted molar refractivity (Wildman–Crippen MR) is 118 cm³/mol. The molecular weight excluding hydrogens is 461 g/mol. The SMILES string of the molecule is C=CC(=O)Nc1cc2c(Nc3ccc(Cl)c(C(F)(F)F)c3)ncnc2cc1O[C@H]1CCOC1. The third-order valence-corrected chi connectivity index (χ3v) is 5.23. The molecule has 172 valence electrons. The lowest BCUT2D eigenvalue weighted by molar-refractivity contribution is -0.137. The van der Waals surface area contributed by atoms with Gasteiger partial charge < -0.3 is 20.1 Å². The molecule has 1 aromatic heterocycles. The van der Waals surface area contributed by atoms with Gasteiger partial charge in [-0.1, -0.05) is 18.2 Å². The molecule has 11 heteroatoms. The maximum absolute atomic E-state index is 13.2. The Labute approximate surface area is 191 Å². The van der Waals surface area contributed by atoms with Crippen molar-refractivity contribution in [2.75, 3.05) is 23.8 Å². The van der Waals surface area contributed by atoms with Crippen molar-refractivity contribution in [1.29, 1.82) is 0 Å². The number of carbonyl (C=O) groups is 1. The summed E-state index contributed by atoms with van der Waals surface area (Å²) < 4.78 is 51.0. The van der Waals surface area contributed by atoms with Crippen molar-refractivity contribution in [3.63, 3.8) is 0 Å². The van der Waals surface area contributed by atoms with Gasteiger partial charge in [0.1, 0.15) is 24.0 Å². The van der Waals surface area contributed by atoms with Crippen molar-refractivity contribution in [1.82, 2.24) is 9.97 Å². The number of ether oxygens (including phenoxy) is 2. The van der Waals surface area contributed by atoms with Gasteiger partial charge in [-0.15, -0.1) is 0 Å². The highest BCUT2D eigenvalue weighted by Crippen LogP contribution is 2.38. The third kappa shape index (κ3) is 5.18. The van der Waals surface area contributed by atoms with Gasteiger partial charge in [-0.3, -0.25) is 4.79 Å². The Morgan fingerprint density at radius 3 is 2.79 bits per heavy atom. The maximum Gasteiger partial charge on any atom is 0.417 e. The zero-order valence-electron chi connectivity index (χ0n) is 17.1. The lowest BCUT2D eigenvalue weighted by atomic mass is 10.1. The molecule has 7 nitrogen and oxygen atoms in total. The quantitative estimate of drug-likeness (QED) is 0.465. The van der Waals surface area contributed by atoms with Gasteiger partial charge in [0.05, 0.1) is 35.0 Å². The Morgan fingerprint density at radius 1 is 1.27 bits per heavy atom. The second-order valence-corrected chi connectivity index (χ2v) is 7.61. The van der Waals surface area contributed by atoms with E-state index in [9.17, 15) is 18.0 Å². The van der Waals surface area contributed by atoms with E-state index in [1.807, 2.05) is 0 Å². The largest absolute Gasteiger partial charge is 0.486 e. The molecule has 0 unspecified atom stereocenters. The number of amides is 1. The topological polar surface area (TPSA) is 85.4 Å². The van der Waals surface area contributed by atoms with Gasteiger partial charge >= 0.3 is 6.18 Å². The number of aromatic nitrogens is 2. The van der Waals surface area contributed by atoms with Crippen LogP contribution in [0.3, 0.4) is 0 Å². The number of halogens is 4. The van der Waals surface area contributed by atoms with E-state index in [-0.39, 0.29) is 17.6 Å². The summed E-state index contributed by atoms with van der Waals surface area (Å²) in [5, 5.41) is 5.60. The second kappa shape index (κ2) is 9.24. The van der Waals surface area contributed by atoms with Crippen molar-refractivity contribution < 1.29 is 27.4 Å². The number of carbonyl (C=O) groups excluding carboxylic acids is 1. The number of nitrogens with zero attached hydrogens (tertiary/aromatic N) is 2. The first-order valence-corrected chi connectivity index (χ1v) is 10.2. The molecule has 3 aromatic rings. The molecule has 1 saturated heterocycles. The molecule has 2 heterocycles. The van der Waals surface area contributed by atoms with E-state index in [0.29, 0.717) is 42.0 Å². The number of fused-ring (bicyclic) bond motifs is 1. The number of hydrogen-bond acceptors (Lipinski definition) is 6. The third-order valence-electron chi connectivity index (χ3n) is 4.90. The van der Waals surface area contributed by atoms with Crippen LogP contribution in [0.5, 0.6) is 5.75 Å². The predicted octanol–water partition coefficient (Wildman–Crippen LogP) is 5.34. The summed E-state index contributed by atoms with van der Waals surface area (Å²) in [6.07, 6.45) is -1.71. The van der Waals surface area contributed by atoms with E-state index < -0.39 is 22.7 Å². The average molecular weight is 479 g/mol. The first-order valence-electron chi connectivity index (χ1n) is 9.85. The Balaban J connectivity index is 1.74. The number of anilines is 3. The Hall–Kier alpha value is -3.37. The van der Waals surface area contributed by atoms with Crippen molar-refractivity contribution in [3.05, 3.63) is 59.9 Å². The molecule has 1 fully saturated rings. The van der Waals surface area contributed by atoms with Gasteiger partial charge in [-0.2, -0.15) is 13.2 Å². The van der Waals surface area contributed by atoms with Gasteiger partial charge in [-0.05, 0) is 30.3 Å². The highest BCUT2D eigenvalue weighted by atomic mass is 35.5. The molecule has 0 aliphatic carbocycles. The van der Waals surface area contributed by atoms with E-state index in [0.717, 1.165) is 18.2 Å². The smallest absolute Gasteiger partial charge is 0.417 e. The van der Waals surface area contributed by atoms with Gasteiger partial charge in [0, 0.05) is 23.6 Å². The summed E-state index contributed by atoms with van der Waals surface area (Å²) >= 11 is 5.70. The average Bonchev–Trinajstić information content (AvgIpc) is 3.28. The van der Waals surface area contributed by atoms with Crippen LogP contribution in [0.2, 0.25) is 5.02 Å². The standard InChI is InChI=1S/C22H18ClF3N4O3/c1-2-20(31)30-18-8-14-17(9-19(18)33-13-5-6-32-10-13)27-11-28-21(14)29-12-3-4-16(23)15(7-12)22(24,25)26/h2-4,7-9,11,13H,1,5-6,10H2,(H,30,31)(H,27,28,29)/t13-/m0/s1. The van der Waals surface area contributed by atoms with Crippen molar-refractivity contribution in [3.8, 4) is 5.75 Å². The number of benzene rings is 2. The van der Waals surface area contributed by atoms with Crippen LogP contribution in [-0.2, 0) is 15.7 Å². The molecular formula is C22H18ClF3N4O3. The maximum atomic E-state index is 13.2. The molecule has 1 aliphatic rings. The van der Waals surface area contributed by atoms with Crippen LogP contribution in [0.15, 0.2) is 49.3 Å². The van der Waals surface area contributed by atoms with Crippen LogP contribution in [0, 0.1) is 0 Å². The molecule has 1 amide bonds. The van der Waals surface area contributed by atoms with Crippen LogP contribution < -0.4 is 15.4 Å². The minimum atomic E-state index is -4.61. The minimum Gasteiger partial charge on any atom is -0.486 e. The van der Waals surface area contributed by atoms with E-state index in [4.69, 9.17) is 21.1 Å². The molecule has 4 rings (SSSR count). The van der Waals surface area contributed by atoms with Gasteiger partial charge in [0.2, 0.25) is 5.91 Å². The summed E-state index contributed by atoms with van der Waals surface area (Å²) in [6.45, 7) is 4.44. The van der Waals surface area contributed by atoms with Crippen LogP contribution >= 0.6 is 11.6 Å². The summed E-state index contributed by atoms with van der Waals surface area (Å²) in [6, 6.07) is 6.67. The summed E-state index contributed by atoms with van der Waals surface area (Å²) in [5.41, 5.74) is -0.0416. The highest BCUT2D eigenvalue weighted by Gasteiger charge is 2.33. The van der Waals surface area contributed by atoms with Crippen molar-refractivity contribution in [2.24, 2.45) is 0 Å². The highest BCUT2D eigenvalue weighted by molar-refractivity contribution is 6.31. The second-order valence-electron chi connectivity index (χ2n) is 7.20. The van der Waals surface area contributed by atoms with Crippen LogP contribution in [0.25, 0.3) is 10.9 Å². The lowest BCUT2D eigenvalue weighted by Gasteiger charge is -2.18. The van der Waals surface area contributed by atoms with Crippen LogP contribution in [0.1, 0.15) is 12.0 Å². The summed E-state index contributed by atoms with van der Waals surface area (Å²) in [7, 11) is 0. The number of alkyl halides is 3. The normalized spacial score (nSPS) is 15.9.